The van der Waals surface area contributed by atoms with Crippen LogP contribution >= 0.6 is 0 Å². The Morgan fingerprint density at radius 3 is 2.87 bits per heavy atom. The van der Waals surface area contributed by atoms with Gasteiger partial charge in [0.2, 0.25) is 0 Å². The summed E-state index contributed by atoms with van der Waals surface area (Å²) in [6.07, 6.45) is 7.69. The van der Waals surface area contributed by atoms with Gasteiger partial charge < -0.3 is 4.90 Å². The molecule has 1 aromatic heterocycles. The summed E-state index contributed by atoms with van der Waals surface area (Å²) in [4.78, 5) is 10.4. The van der Waals surface area contributed by atoms with E-state index in [1.54, 1.807) is 0 Å². The fourth-order valence-electron chi connectivity index (χ4n) is 1.48. The van der Waals surface area contributed by atoms with E-state index in [4.69, 9.17) is 0 Å². The molecular formula is C12H17N3. The molecule has 0 saturated carbocycles. The predicted octanol–water partition coefficient (Wildman–Crippen LogP) is 2.34. The molecule has 0 saturated heterocycles. The third-order valence-corrected chi connectivity index (χ3v) is 2.24. The number of pyridine rings is 1. The lowest BCUT2D eigenvalue weighted by atomic mass is 10.0. The van der Waals surface area contributed by atoms with Crippen molar-refractivity contribution >= 4 is 11.8 Å². The maximum absolute atomic E-state index is 4.26. The molecule has 2 rings (SSSR count). The van der Waals surface area contributed by atoms with Crippen molar-refractivity contribution in [1.29, 1.82) is 0 Å². The maximum Gasteiger partial charge on any atom is 0.109 e. The largest absolute Gasteiger partial charge is 0.361 e. The summed E-state index contributed by atoms with van der Waals surface area (Å²) >= 11 is 0. The molecule has 0 fully saturated rings. The minimum absolute atomic E-state index is 0. The lowest BCUT2D eigenvalue weighted by molar-refractivity contribution is 0.472. The normalized spacial score (nSPS) is 14.5. The van der Waals surface area contributed by atoms with E-state index < -0.39 is 0 Å². The van der Waals surface area contributed by atoms with Gasteiger partial charge in [0.05, 0.1) is 0 Å². The van der Waals surface area contributed by atoms with E-state index in [1.165, 1.54) is 5.56 Å². The predicted molar refractivity (Wildman–Crippen MR) is 64.8 cm³/mol. The Bertz CT molecular complexity index is 394. The van der Waals surface area contributed by atoms with Gasteiger partial charge >= 0.3 is 0 Å². The highest BCUT2D eigenvalue weighted by molar-refractivity contribution is 6.10. The lowest BCUT2D eigenvalue weighted by Gasteiger charge is -2.17. The smallest absolute Gasteiger partial charge is 0.109 e. The molecule has 0 atom stereocenters. The first kappa shape index (κ1) is 11.4. The summed E-state index contributed by atoms with van der Waals surface area (Å²) in [5.74, 6) is 0. The summed E-state index contributed by atoms with van der Waals surface area (Å²) in [6.45, 7) is 2.82. The Hall–Kier alpha value is -1.64. The summed E-state index contributed by atoms with van der Waals surface area (Å²) in [6, 6.07) is 2.01. The zero-order valence-electron chi connectivity index (χ0n) is 8.44. The summed E-state index contributed by atoms with van der Waals surface area (Å²) in [7, 11) is 2.02. The maximum atomic E-state index is 4.26. The van der Waals surface area contributed by atoms with E-state index in [1.807, 2.05) is 31.7 Å². The summed E-state index contributed by atoms with van der Waals surface area (Å²) in [5, 5.41) is 0. The number of rotatable bonds is 1. The van der Waals surface area contributed by atoms with Gasteiger partial charge in [-0.15, -0.1) is 0 Å². The van der Waals surface area contributed by atoms with Crippen LogP contribution in [0.4, 0.5) is 0 Å². The van der Waals surface area contributed by atoms with Crippen molar-refractivity contribution in [2.45, 2.75) is 14.4 Å². The molecule has 0 amide bonds. The molecule has 0 unspecified atom stereocenters. The molecular weight excluding hydrogens is 186 g/mol. The van der Waals surface area contributed by atoms with Crippen LogP contribution in [0.3, 0.4) is 0 Å². The van der Waals surface area contributed by atoms with Crippen molar-refractivity contribution in [1.82, 2.24) is 9.88 Å². The Morgan fingerprint density at radius 2 is 2.20 bits per heavy atom. The fourth-order valence-corrected chi connectivity index (χ4v) is 1.48. The van der Waals surface area contributed by atoms with Gasteiger partial charge in [0.1, 0.15) is 6.67 Å². The molecule has 0 aromatic carbocycles. The van der Waals surface area contributed by atoms with Crippen LogP contribution in [-0.4, -0.2) is 29.8 Å². The van der Waals surface area contributed by atoms with Crippen LogP contribution in [0.25, 0.3) is 5.57 Å². The number of aliphatic imine (C=N–C) groups is 1. The monoisotopic (exact) mass is 203 g/mol. The summed E-state index contributed by atoms with van der Waals surface area (Å²) in [5.41, 5.74) is 3.51. The van der Waals surface area contributed by atoms with Crippen molar-refractivity contribution < 1.29 is 0 Å². The number of aryl methyl sites for hydroxylation is 1. The average Bonchev–Trinajstić information content (AvgIpc) is 2.18. The molecule has 0 bridgehead atoms. The minimum atomic E-state index is 0. The molecule has 1 aromatic rings. The van der Waals surface area contributed by atoms with E-state index in [9.17, 15) is 0 Å². The molecule has 0 N–H and O–H groups in total. The Labute approximate surface area is 91.2 Å². The number of hydrogen-bond acceptors (Lipinski definition) is 3. The van der Waals surface area contributed by atoms with E-state index in [2.05, 4.69) is 28.0 Å². The van der Waals surface area contributed by atoms with E-state index in [0.29, 0.717) is 0 Å². The molecule has 0 aliphatic carbocycles. The fraction of sp³-hybridized carbons (Fsp3) is 0.333. The highest BCUT2D eigenvalue weighted by Gasteiger charge is 2.06. The van der Waals surface area contributed by atoms with E-state index in [-0.39, 0.29) is 7.43 Å². The topological polar surface area (TPSA) is 28.5 Å². The van der Waals surface area contributed by atoms with Crippen molar-refractivity contribution in [2.24, 2.45) is 4.99 Å². The summed E-state index contributed by atoms with van der Waals surface area (Å²) < 4.78 is 0. The molecule has 3 nitrogen and oxygen atoms in total. The van der Waals surface area contributed by atoms with Crippen LogP contribution in [0.5, 0.6) is 0 Å². The first-order valence-electron chi connectivity index (χ1n) is 4.60. The second-order valence-corrected chi connectivity index (χ2v) is 3.49. The van der Waals surface area contributed by atoms with Gasteiger partial charge in [-0.3, -0.25) is 9.98 Å². The standard InChI is InChI=1S/C11H13N3.CH4/c1-9-3-4-12-6-11(9)10-5-13-8-14(2)7-10;/h3-7H,8H2,1-2H3;1H4. The molecule has 1 aliphatic heterocycles. The van der Waals surface area contributed by atoms with Gasteiger partial charge in [-0.25, -0.2) is 0 Å². The second kappa shape index (κ2) is 4.73. The Balaban J connectivity index is 0.00000112. The van der Waals surface area contributed by atoms with Crippen molar-refractivity contribution in [3.63, 3.8) is 0 Å². The minimum Gasteiger partial charge on any atom is -0.361 e. The molecule has 0 radical (unpaired) electrons. The zero-order valence-corrected chi connectivity index (χ0v) is 8.44. The number of hydrogen-bond donors (Lipinski definition) is 0. The van der Waals surface area contributed by atoms with Crippen molar-refractivity contribution in [3.05, 3.63) is 35.8 Å². The number of allylic oxidation sites excluding steroid dienone is 1. The van der Waals surface area contributed by atoms with Crippen LogP contribution < -0.4 is 0 Å². The molecule has 80 valence electrons. The molecule has 15 heavy (non-hydrogen) atoms. The van der Waals surface area contributed by atoms with Gasteiger partial charge in [-0.05, 0) is 18.6 Å². The Kier molecular flexibility index (Phi) is 3.61. The Morgan fingerprint density at radius 1 is 1.40 bits per heavy atom. The lowest BCUT2D eigenvalue weighted by Crippen LogP contribution is -2.15. The van der Waals surface area contributed by atoms with E-state index in [0.717, 1.165) is 17.8 Å². The first-order chi connectivity index (χ1) is 6.77. The molecule has 1 aliphatic rings. The number of aromatic nitrogens is 1. The molecule has 2 heterocycles. The average molecular weight is 203 g/mol. The highest BCUT2D eigenvalue weighted by atomic mass is 15.2. The third kappa shape index (κ3) is 2.43. The van der Waals surface area contributed by atoms with Gasteiger partial charge in [0.15, 0.2) is 0 Å². The van der Waals surface area contributed by atoms with Crippen molar-refractivity contribution in [2.75, 3.05) is 13.7 Å². The van der Waals surface area contributed by atoms with Crippen LogP contribution in [-0.2, 0) is 0 Å². The van der Waals surface area contributed by atoms with Crippen molar-refractivity contribution in [3.8, 4) is 0 Å². The van der Waals surface area contributed by atoms with Crippen LogP contribution in [0.15, 0.2) is 29.7 Å². The quantitative estimate of drug-likeness (QED) is 0.701. The molecule has 3 heteroatoms. The highest BCUT2D eigenvalue weighted by Crippen LogP contribution is 2.18. The zero-order chi connectivity index (χ0) is 9.97. The molecule has 0 spiro atoms. The second-order valence-electron chi connectivity index (χ2n) is 3.49. The third-order valence-electron chi connectivity index (χ3n) is 2.24. The SMILES string of the molecule is C.Cc1ccncc1C1=CN(C)CN=C1. The van der Waals surface area contributed by atoms with Gasteiger partial charge in [0.25, 0.3) is 0 Å². The van der Waals surface area contributed by atoms with Gasteiger partial charge in [0, 0.05) is 43.0 Å². The van der Waals surface area contributed by atoms with Gasteiger partial charge in [-0.2, -0.15) is 0 Å². The van der Waals surface area contributed by atoms with E-state index >= 15 is 0 Å². The number of nitrogens with zero attached hydrogens (tertiary/aromatic N) is 3. The first-order valence-corrected chi connectivity index (χ1v) is 4.60. The van der Waals surface area contributed by atoms with Crippen LogP contribution in [0, 0.1) is 6.92 Å². The van der Waals surface area contributed by atoms with Gasteiger partial charge in [-0.1, -0.05) is 7.43 Å². The van der Waals surface area contributed by atoms with Crippen LogP contribution in [0.2, 0.25) is 0 Å². The van der Waals surface area contributed by atoms with Crippen LogP contribution in [0.1, 0.15) is 18.6 Å².